The Morgan fingerprint density at radius 3 is 2.96 bits per heavy atom. The molecule has 0 aromatic heterocycles. The Morgan fingerprint density at radius 1 is 1.35 bits per heavy atom. The summed E-state index contributed by atoms with van der Waals surface area (Å²) in [4.78, 5) is 30.0. The number of hydrogen-bond acceptors (Lipinski definition) is 6. The summed E-state index contributed by atoms with van der Waals surface area (Å²) >= 11 is 0. The summed E-state index contributed by atoms with van der Waals surface area (Å²) in [7, 11) is 0. The SMILES string of the molecule is N=C1N=C2N=CC(CNCc3cccc([N+](=O)[O-])c3)=C2C(=O)N1. The van der Waals surface area contributed by atoms with Gasteiger partial charge in [0.1, 0.15) is 0 Å². The number of rotatable bonds is 5. The van der Waals surface area contributed by atoms with E-state index in [2.05, 4.69) is 20.6 Å². The number of nitrogens with zero attached hydrogens (tertiary/aromatic N) is 3. The molecule has 3 rings (SSSR count). The zero-order valence-electron chi connectivity index (χ0n) is 11.9. The molecule has 0 saturated carbocycles. The second-order valence-corrected chi connectivity index (χ2v) is 4.93. The summed E-state index contributed by atoms with van der Waals surface area (Å²) in [5.74, 6) is -0.382. The molecule has 0 bridgehead atoms. The quantitative estimate of drug-likeness (QED) is 0.540. The van der Waals surface area contributed by atoms with Crippen LogP contribution in [0.1, 0.15) is 5.56 Å². The molecule has 116 valence electrons. The van der Waals surface area contributed by atoms with Crippen LogP contribution in [-0.2, 0) is 11.3 Å². The lowest BCUT2D eigenvalue weighted by Gasteiger charge is -2.12. The average molecular weight is 312 g/mol. The normalized spacial score (nSPS) is 16.3. The second-order valence-electron chi connectivity index (χ2n) is 4.93. The smallest absolute Gasteiger partial charge is 0.269 e. The van der Waals surface area contributed by atoms with Crippen LogP contribution >= 0.6 is 0 Å². The van der Waals surface area contributed by atoms with Crippen molar-refractivity contribution in [3.8, 4) is 0 Å². The summed E-state index contributed by atoms with van der Waals surface area (Å²) in [6, 6.07) is 6.33. The van der Waals surface area contributed by atoms with Crippen LogP contribution in [0, 0.1) is 15.5 Å². The largest absolute Gasteiger partial charge is 0.309 e. The number of carbonyl (C=O) groups is 1. The first-order valence-corrected chi connectivity index (χ1v) is 6.75. The summed E-state index contributed by atoms with van der Waals surface area (Å²) in [5, 5.41) is 23.5. The van der Waals surface area contributed by atoms with Crippen LogP contribution < -0.4 is 10.6 Å². The summed E-state index contributed by atoms with van der Waals surface area (Å²) in [6.07, 6.45) is 1.53. The molecule has 0 radical (unpaired) electrons. The highest BCUT2D eigenvalue weighted by Crippen LogP contribution is 2.17. The van der Waals surface area contributed by atoms with Crippen LogP contribution in [0.3, 0.4) is 0 Å². The van der Waals surface area contributed by atoms with Gasteiger partial charge in [-0.1, -0.05) is 12.1 Å². The van der Waals surface area contributed by atoms with E-state index in [0.717, 1.165) is 5.56 Å². The third-order valence-electron chi connectivity index (χ3n) is 3.33. The van der Waals surface area contributed by atoms with Gasteiger partial charge >= 0.3 is 0 Å². The first kappa shape index (κ1) is 14.7. The summed E-state index contributed by atoms with van der Waals surface area (Å²) < 4.78 is 0. The number of hydrogen-bond donors (Lipinski definition) is 3. The molecule has 3 N–H and O–H groups in total. The fraction of sp³-hybridized carbons (Fsp3) is 0.143. The van der Waals surface area contributed by atoms with Gasteiger partial charge in [0.05, 0.1) is 10.5 Å². The van der Waals surface area contributed by atoms with Crippen LogP contribution in [0.2, 0.25) is 0 Å². The molecular weight excluding hydrogens is 300 g/mol. The van der Waals surface area contributed by atoms with Crippen molar-refractivity contribution in [2.75, 3.05) is 6.54 Å². The van der Waals surface area contributed by atoms with Crippen molar-refractivity contribution in [3.05, 3.63) is 51.1 Å². The van der Waals surface area contributed by atoms with E-state index in [1.54, 1.807) is 12.1 Å². The number of nitro benzene ring substituents is 1. The predicted octanol–water partition coefficient (Wildman–Crippen LogP) is 0.528. The molecule has 0 atom stereocenters. The fourth-order valence-electron chi connectivity index (χ4n) is 2.30. The van der Waals surface area contributed by atoms with E-state index >= 15 is 0 Å². The Kier molecular flexibility index (Phi) is 3.77. The monoisotopic (exact) mass is 312 g/mol. The molecule has 0 unspecified atom stereocenters. The Hall–Kier alpha value is -3.20. The van der Waals surface area contributed by atoms with Gasteiger partial charge in [-0.15, -0.1) is 0 Å². The molecule has 2 aliphatic heterocycles. The number of nitro groups is 1. The molecular formula is C14H12N6O3. The summed E-state index contributed by atoms with van der Waals surface area (Å²) in [5.41, 5.74) is 1.82. The standard InChI is InChI=1S/C14H12N6O3/c15-14-18-12-11(13(21)19-14)9(7-17-12)6-16-5-8-2-1-3-10(4-8)20(22)23/h1-4,7,16H,5-6H2,(H2,15,19,21). The van der Waals surface area contributed by atoms with Crippen molar-refractivity contribution in [3.63, 3.8) is 0 Å². The maximum absolute atomic E-state index is 11.9. The van der Waals surface area contributed by atoms with Crippen molar-refractivity contribution in [2.24, 2.45) is 9.98 Å². The van der Waals surface area contributed by atoms with Crippen LogP contribution in [0.5, 0.6) is 0 Å². The lowest BCUT2D eigenvalue weighted by molar-refractivity contribution is -0.384. The zero-order chi connectivity index (χ0) is 16.4. The number of fused-ring (bicyclic) bond motifs is 1. The number of carbonyl (C=O) groups excluding carboxylic acids is 1. The molecule has 0 spiro atoms. The summed E-state index contributed by atoms with van der Waals surface area (Å²) in [6.45, 7) is 0.775. The number of aliphatic imine (C=N–C) groups is 2. The van der Waals surface area contributed by atoms with Gasteiger partial charge in [0.25, 0.3) is 11.6 Å². The average Bonchev–Trinajstić information content (AvgIpc) is 2.91. The van der Waals surface area contributed by atoms with Crippen molar-refractivity contribution in [1.29, 1.82) is 5.41 Å². The van der Waals surface area contributed by atoms with Gasteiger partial charge < -0.3 is 5.32 Å². The van der Waals surface area contributed by atoms with Gasteiger partial charge in [0, 0.05) is 37.0 Å². The Labute approximate surface area is 130 Å². The number of amidine groups is 1. The minimum absolute atomic E-state index is 0.0355. The van der Waals surface area contributed by atoms with Gasteiger partial charge in [0.15, 0.2) is 5.84 Å². The number of guanidine groups is 1. The van der Waals surface area contributed by atoms with E-state index in [0.29, 0.717) is 24.2 Å². The number of amides is 1. The molecule has 1 aromatic carbocycles. The highest BCUT2D eigenvalue weighted by molar-refractivity contribution is 6.35. The highest BCUT2D eigenvalue weighted by atomic mass is 16.6. The van der Waals surface area contributed by atoms with Crippen molar-refractivity contribution in [1.82, 2.24) is 10.6 Å². The molecule has 23 heavy (non-hydrogen) atoms. The van der Waals surface area contributed by atoms with Gasteiger partial charge in [-0.3, -0.25) is 25.6 Å². The first-order chi connectivity index (χ1) is 11.0. The van der Waals surface area contributed by atoms with Crippen molar-refractivity contribution >= 4 is 29.6 Å². The van der Waals surface area contributed by atoms with Crippen LogP contribution in [0.15, 0.2) is 45.4 Å². The van der Waals surface area contributed by atoms with E-state index in [1.165, 1.54) is 18.3 Å². The highest BCUT2D eigenvalue weighted by Gasteiger charge is 2.28. The van der Waals surface area contributed by atoms with Crippen LogP contribution in [-0.4, -0.2) is 35.4 Å². The maximum Gasteiger partial charge on any atom is 0.269 e. The second kappa shape index (κ2) is 5.89. The van der Waals surface area contributed by atoms with Crippen molar-refractivity contribution < 1.29 is 9.72 Å². The topological polar surface area (TPSA) is 133 Å². The Balaban J connectivity index is 1.68. The minimum atomic E-state index is -0.443. The van der Waals surface area contributed by atoms with Gasteiger partial charge in [-0.2, -0.15) is 4.99 Å². The molecule has 2 aliphatic rings. The van der Waals surface area contributed by atoms with E-state index in [-0.39, 0.29) is 17.5 Å². The molecule has 0 saturated heterocycles. The number of non-ortho nitro benzene ring substituents is 1. The van der Waals surface area contributed by atoms with Crippen molar-refractivity contribution in [2.45, 2.75) is 6.54 Å². The van der Waals surface area contributed by atoms with E-state index in [9.17, 15) is 14.9 Å². The number of benzene rings is 1. The van der Waals surface area contributed by atoms with Crippen LogP contribution in [0.4, 0.5) is 5.69 Å². The zero-order valence-corrected chi connectivity index (χ0v) is 11.9. The lowest BCUT2D eigenvalue weighted by Crippen LogP contribution is -2.37. The lowest BCUT2D eigenvalue weighted by atomic mass is 10.1. The molecule has 1 amide bonds. The van der Waals surface area contributed by atoms with Crippen LogP contribution in [0.25, 0.3) is 0 Å². The molecule has 1 aromatic rings. The Bertz CT molecular complexity index is 808. The van der Waals surface area contributed by atoms with Gasteiger partial charge in [0.2, 0.25) is 5.96 Å². The Morgan fingerprint density at radius 2 is 2.17 bits per heavy atom. The first-order valence-electron chi connectivity index (χ1n) is 6.75. The van der Waals surface area contributed by atoms with E-state index in [1.807, 2.05) is 0 Å². The third kappa shape index (κ3) is 3.04. The van der Waals surface area contributed by atoms with E-state index < -0.39 is 10.8 Å². The molecule has 2 heterocycles. The molecule has 9 heteroatoms. The minimum Gasteiger partial charge on any atom is -0.309 e. The fourth-order valence-corrected chi connectivity index (χ4v) is 2.30. The maximum atomic E-state index is 11.9. The third-order valence-corrected chi connectivity index (χ3v) is 3.33. The predicted molar refractivity (Wildman–Crippen MR) is 83.6 cm³/mol. The van der Waals surface area contributed by atoms with Gasteiger partial charge in [-0.25, -0.2) is 4.99 Å². The molecule has 9 nitrogen and oxygen atoms in total. The molecule has 0 fully saturated rings. The molecule has 0 aliphatic carbocycles. The van der Waals surface area contributed by atoms with Gasteiger partial charge in [-0.05, 0) is 5.56 Å². The van der Waals surface area contributed by atoms with E-state index in [4.69, 9.17) is 5.41 Å². The number of nitrogens with one attached hydrogen (secondary N) is 3.